The highest BCUT2D eigenvalue weighted by atomic mass is 35.5. The van der Waals surface area contributed by atoms with Gasteiger partial charge in [0, 0.05) is 26.2 Å². The Bertz CT molecular complexity index is 309. The van der Waals surface area contributed by atoms with Crippen molar-refractivity contribution in [1.82, 2.24) is 20.4 Å². The van der Waals surface area contributed by atoms with Gasteiger partial charge in [0.1, 0.15) is 0 Å². The van der Waals surface area contributed by atoms with Crippen LogP contribution in [0.3, 0.4) is 0 Å². The monoisotopic (exact) mass is 460 g/mol. The van der Waals surface area contributed by atoms with Crippen LogP contribution in [0.5, 0.6) is 0 Å². The molecule has 0 atom stereocenters. The maximum atomic E-state index is 10.8. The topological polar surface area (TPSA) is 105 Å². The van der Waals surface area contributed by atoms with Gasteiger partial charge in [-0.2, -0.15) is 0 Å². The van der Waals surface area contributed by atoms with Crippen LogP contribution in [-0.2, 0) is 9.59 Å². The van der Waals surface area contributed by atoms with Crippen LogP contribution in [-0.4, -0.2) is 97.4 Å². The molecule has 12 heteroatoms. The molecule has 1 rings (SSSR count). The third kappa shape index (κ3) is 18.7. The Morgan fingerprint density at radius 3 is 1.31 bits per heavy atom. The van der Waals surface area contributed by atoms with Crippen LogP contribution in [0.2, 0.25) is 0 Å². The van der Waals surface area contributed by atoms with Crippen LogP contribution in [0.4, 0.5) is 0 Å². The zero-order chi connectivity index (χ0) is 16.2. The zero-order valence-corrected chi connectivity index (χ0v) is 18.0. The van der Waals surface area contributed by atoms with Gasteiger partial charge in [0.2, 0.25) is 0 Å². The predicted octanol–water partition coefficient (Wildman–Crippen LogP) is 0.420. The second kappa shape index (κ2) is 21.2. The summed E-state index contributed by atoms with van der Waals surface area (Å²) in [5.74, 6) is -1.59. The highest BCUT2D eigenvalue weighted by molar-refractivity contribution is 5.86. The molecule has 0 aliphatic carbocycles. The SMILES string of the molecule is Cl.Cl.Cl.Cl.O=C(O)CN1CCCNCCN(CC(=O)O)CCCNCC1. The summed E-state index contributed by atoms with van der Waals surface area (Å²) in [4.78, 5) is 25.6. The first-order valence-corrected chi connectivity index (χ1v) is 7.87. The van der Waals surface area contributed by atoms with Crippen molar-refractivity contribution in [1.29, 1.82) is 0 Å². The van der Waals surface area contributed by atoms with Gasteiger partial charge in [-0.05, 0) is 39.0 Å². The molecule has 160 valence electrons. The summed E-state index contributed by atoms with van der Waals surface area (Å²) in [5.41, 5.74) is 0. The lowest BCUT2D eigenvalue weighted by Crippen LogP contribution is -2.41. The third-order valence-corrected chi connectivity index (χ3v) is 3.58. The van der Waals surface area contributed by atoms with Crippen molar-refractivity contribution in [2.45, 2.75) is 12.8 Å². The van der Waals surface area contributed by atoms with E-state index in [-0.39, 0.29) is 62.7 Å². The number of nitrogens with zero attached hydrogens (tertiary/aromatic N) is 2. The summed E-state index contributed by atoms with van der Waals surface area (Å²) in [6, 6.07) is 0. The van der Waals surface area contributed by atoms with Gasteiger partial charge in [-0.15, -0.1) is 49.6 Å². The Morgan fingerprint density at radius 1 is 0.654 bits per heavy atom. The molecule has 1 heterocycles. The molecule has 0 radical (unpaired) electrons. The smallest absolute Gasteiger partial charge is 0.317 e. The molecule has 26 heavy (non-hydrogen) atoms. The maximum Gasteiger partial charge on any atom is 0.317 e. The van der Waals surface area contributed by atoms with E-state index in [2.05, 4.69) is 10.6 Å². The van der Waals surface area contributed by atoms with E-state index < -0.39 is 11.9 Å². The largest absolute Gasteiger partial charge is 0.480 e. The quantitative estimate of drug-likeness (QED) is 0.477. The van der Waals surface area contributed by atoms with Gasteiger partial charge in [0.15, 0.2) is 0 Å². The maximum absolute atomic E-state index is 10.8. The van der Waals surface area contributed by atoms with Crippen LogP contribution in [0.25, 0.3) is 0 Å². The summed E-state index contributed by atoms with van der Waals surface area (Å²) in [7, 11) is 0. The van der Waals surface area contributed by atoms with Gasteiger partial charge in [-0.25, -0.2) is 0 Å². The fourth-order valence-corrected chi connectivity index (χ4v) is 2.50. The number of nitrogens with one attached hydrogen (secondary N) is 2. The highest BCUT2D eigenvalue weighted by Gasteiger charge is 2.11. The molecule has 0 spiro atoms. The van der Waals surface area contributed by atoms with E-state index in [4.69, 9.17) is 10.2 Å². The molecule has 0 aromatic heterocycles. The van der Waals surface area contributed by atoms with Gasteiger partial charge < -0.3 is 20.8 Å². The average Bonchev–Trinajstić information content (AvgIpc) is 2.43. The van der Waals surface area contributed by atoms with E-state index in [1.807, 2.05) is 9.80 Å². The van der Waals surface area contributed by atoms with Crippen LogP contribution in [0.1, 0.15) is 12.8 Å². The Balaban J connectivity index is -0.000000605. The molecular weight excluding hydrogens is 430 g/mol. The minimum atomic E-state index is -0.793. The first kappa shape index (κ1) is 33.5. The van der Waals surface area contributed by atoms with Gasteiger partial charge in [-0.3, -0.25) is 19.4 Å². The van der Waals surface area contributed by atoms with Crippen LogP contribution in [0.15, 0.2) is 0 Å². The lowest BCUT2D eigenvalue weighted by atomic mass is 10.3. The lowest BCUT2D eigenvalue weighted by molar-refractivity contribution is -0.139. The molecule has 0 aromatic rings. The molecule has 0 amide bonds. The Hall–Kier alpha value is -0.0600. The normalized spacial score (nSPS) is 17.8. The minimum Gasteiger partial charge on any atom is -0.480 e. The Labute approximate surface area is 180 Å². The first-order valence-electron chi connectivity index (χ1n) is 7.87. The van der Waals surface area contributed by atoms with E-state index in [1.165, 1.54) is 0 Å². The van der Waals surface area contributed by atoms with E-state index in [0.717, 1.165) is 52.1 Å². The number of hydrogen-bond donors (Lipinski definition) is 4. The summed E-state index contributed by atoms with van der Waals surface area (Å²) < 4.78 is 0. The molecule has 0 bridgehead atoms. The number of carboxylic acid groups (broad SMARTS) is 2. The van der Waals surface area contributed by atoms with Crippen molar-refractivity contribution in [2.75, 3.05) is 65.4 Å². The first-order chi connectivity index (χ1) is 10.6. The Morgan fingerprint density at radius 2 is 1.00 bits per heavy atom. The number of carbonyl (C=O) groups is 2. The van der Waals surface area contributed by atoms with Crippen molar-refractivity contribution < 1.29 is 19.8 Å². The minimum absolute atomic E-state index is 0. The zero-order valence-electron chi connectivity index (χ0n) is 14.7. The predicted molar refractivity (Wildman–Crippen MR) is 112 cm³/mol. The average molecular weight is 462 g/mol. The van der Waals surface area contributed by atoms with E-state index in [0.29, 0.717) is 13.1 Å². The molecule has 0 saturated carbocycles. The number of carboxylic acids is 2. The van der Waals surface area contributed by atoms with Crippen molar-refractivity contribution in [3.63, 3.8) is 0 Å². The van der Waals surface area contributed by atoms with E-state index in [9.17, 15) is 9.59 Å². The lowest BCUT2D eigenvalue weighted by Gasteiger charge is -2.23. The fourth-order valence-electron chi connectivity index (χ4n) is 2.50. The summed E-state index contributed by atoms with van der Waals surface area (Å²) in [5, 5.41) is 24.4. The summed E-state index contributed by atoms with van der Waals surface area (Å²) >= 11 is 0. The van der Waals surface area contributed by atoms with Gasteiger partial charge in [0.25, 0.3) is 0 Å². The van der Waals surface area contributed by atoms with Crippen molar-refractivity contribution >= 4 is 61.6 Å². The second-order valence-corrected chi connectivity index (χ2v) is 5.55. The molecule has 0 unspecified atom stereocenters. The molecule has 8 nitrogen and oxygen atoms in total. The van der Waals surface area contributed by atoms with Crippen molar-refractivity contribution in [2.24, 2.45) is 0 Å². The van der Waals surface area contributed by atoms with Crippen LogP contribution >= 0.6 is 49.6 Å². The van der Waals surface area contributed by atoms with Crippen LogP contribution in [0, 0.1) is 0 Å². The van der Waals surface area contributed by atoms with Crippen molar-refractivity contribution in [3.8, 4) is 0 Å². The number of rotatable bonds is 4. The highest BCUT2D eigenvalue weighted by Crippen LogP contribution is 1.94. The number of hydrogen-bond acceptors (Lipinski definition) is 6. The van der Waals surface area contributed by atoms with Gasteiger partial charge >= 0.3 is 11.9 Å². The van der Waals surface area contributed by atoms with Crippen LogP contribution < -0.4 is 10.6 Å². The number of halogens is 4. The van der Waals surface area contributed by atoms with Gasteiger partial charge in [0.05, 0.1) is 13.1 Å². The van der Waals surface area contributed by atoms with Gasteiger partial charge in [-0.1, -0.05) is 0 Å². The molecule has 1 saturated heterocycles. The number of aliphatic carboxylic acids is 2. The summed E-state index contributed by atoms with van der Waals surface area (Å²) in [6.07, 6.45) is 1.76. The summed E-state index contributed by atoms with van der Waals surface area (Å²) in [6.45, 7) is 6.20. The van der Waals surface area contributed by atoms with E-state index >= 15 is 0 Å². The molecule has 1 aliphatic rings. The molecule has 1 fully saturated rings. The second-order valence-electron chi connectivity index (χ2n) is 5.55. The molecule has 1 aliphatic heterocycles. The fraction of sp³-hybridized carbons (Fsp3) is 0.857. The third-order valence-electron chi connectivity index (χ3n) is 3.58. The molecular formula is C14H32Cl4N4O4. The van der Waals surface area contributed by atoms with Crippen molar-refractivity contribution in [3.05, 3.63) is 0 Å². The molecule has 4 N–H and O–H groups in total. The van der Waals surface area contributed by atoms with E-state index in [1.54, 1.807) is 0 Å². The molecule has 0 aromatic carbocycles. The standard InChI is InChI=1S/C14H28N4O4.4ClH/c19-13(20)11-17-7-1-3-15-5-10-18(12-14(21)22)8-2-4-16-6-9-17;;;;/h15-16H,1-12H2,(H,19,20)(H,21,22);4*1H. The Kier molecular flexibility index (Phi) is 27.4.